The van der Waals surface area contributed by atoms with Gasteiger partial charge in [0.2, 0.25) is 0 Å². The number of hydrogen-bond donors (Lipinski definition) is 0. The SMILES string of the molecule is CCC1CC(C)(F)C(C)C=C1C. The summed E-state index contributed by atoms with van der Waals surface area (Å²) in [6.45, 7) is 7.95. The van der Waals surface area contributed by atoms with Gasteiger partial charge < -0.3 is 0 Å². The van der Waals surface area contributed by atoms with Crippen LogP contribution >= 0.6 is 0 Å². The molecule has 0 spiro atoms. The molecule has 0 aromatic carbocycles. The Kier molecular flexibility index (Phi) is 2.60. The standard InChI is InChI=1S/C11H19F/c1-5-10-7-11(4,12)9(3)6-8(10)2/h6,9-10H,5,7H2,1-4H3. The highest BCUT2D eigenvalue weighted by Crippen LogP contribution is 2.39. The van der Waals surface area contributed by atoms with Crippen LogP contribution in [0.25, 0.3) is 0 Å². The minimum absolute atomic E-state index is 0.0836. The molecule has 3 atom stereocenters. The largest absolute Gasteiger partial charge is 0.244 e. The molecule has 1 aliphatic rings. The molecule has 0 amide bonds. The Hall–Kier alpha value is -0.330. The fourth-order valence-electron chi connectivity index (χ4n) is 2.00. The summed E-state index contributed by atoms with van der Waals surface area (Å²) in [5.74, 6) is 0.552. The molecule has 1 aliphatic carbocycles. The van der Waals surface area contributed by atoms with Crippen molar-refractivity contribution in [2.24, 2.45) is 11.8 Å². The molecule has 12 heavy (non-hydrogen) atoms. The average molecular weight is 170 g/mol. The van der Waals surface area contributed by atoms with Gasteiger partial charge >= 0.3 is 0 Å². The Labute approximate surface area is 74.9 Å². The molecule has 0 bridgehead atoms. The zero-order chi connectivity index (χ0) is 9.35. The minimum Gasteiger partial charge on any atom is -0.244 e. The van der Waals surface area contributed by atoms with Crippen LogP contribution in [0, 0.1) is 11.8 Å². The maximum Gasteiger partial charge on any atom is 0.114 e. The van der Waals surface area contributed by atoms with Gasteiger partial charge in [0.1, 0.15) is 5.67 Å². The maximum absolute atomic E-state index is 13.8. The highest BCUT2D eigenvalue weighted by Gasteiger charge is 2.36. The van der Waals surface area contributed by atoms with Crippen LogP contribution in [0.4, 0.5) is 4.39 Å². The fourth-order valence-corrected chi connectivity index (χ4v) is 2.00. The second kappa shape index (κ2) is 3.20. The molecular formula is C11H19F. The first-order valence-electron chi connectivity index (χ1n) is 4.84. The molecule has 0 N–H and O–H groups in total. The van der Waals surface area contributed by atoms with Gasteiger partial charge in [0.25, 0.3) is 0 Å². The van der Waals surface area contributed by atoms with E-state index in [1.165, 1.54) is 5.57 Å². The number of hydrogen-bond acceptors (Lipinski definition) is 0. The minimum atomic E-state index is -0.986. The van der Waals surface area contributed by atoms with Crippen molar-refractivity contribution in [2.75, 3.05) is 0 Å². The van der Waals surface area contributed by atoms with Crippen molar-refractivity contribution in [3.63, 3.8) is 0 Å². The summed E-state index contributed by atoms with van der Waals surface area (Å²) in [6, 6.07) is 0. The van der Waals surface area contributed by atoms with Gasteiger partial charge in [-0.15, -0.1) is 0 Å². The van der Waals surface area contributed by atoms with Crippen LogP contribution in [0.3, 0.4) is 0 Å². The molecule has 1 rings (SSSR count). The molecule has 70 valence electrons. The van der Waals surface area contributed by atoms with E-state index < -0.39 is 5.67 Å². The van der Waals surface area contributed by atoms with E-state index in [0.717, 1.165) is 6.42 Å². The zero-order valence-corrected chi connectivity index (χ0v) is 8.52. The summed E-state index contributed by atoms with van der Waals surface area (Å²) >= 11 is 0. The van der Waals surface area contributed by atoms with E-state index in [0.29, 0.717) is 12.3 Å². The molecule has 1 heteroatoms. The first-order chi connectivity index (χ1) is 5.47. The second-order valence-electron chi connectivity index (χ2n) is 4.29. The van der Waals surface area contributed by atoms with E-state index in [4.69, 9.17) is 0 Å². The van der Waals surface area contributed by atoms with Crippen molar-refractivity contribution in [3.8, 4) is 0 Å². The van der Waals surface area contributed by atoms with Crippen LogP contribution in [0.5, 0.6) is 0 Å². The average Bonchev–Trinajstić information content (AvgIpc) is 1.97. The van der Waals surface area contributed by atoms with Gasteiger partial charge in [-0.2, -0.15) is 0 Å². The summed E-state index contributed by atoms with van der Waals surface area (Å²) in [7, 11) is 0. The lowest BCUT2D eigenvalue weighted by Crippen LogP contribution is -2.33. The first kappa shape index (κ1) is 9.76. The predicted octanol–water partition coefficient (Wildman–Crippen LogP) is 3.73. The molecular weight excluding hydrogens is 151 g/mol. The number of allylic oxidation sites excluding steroid dienone is 2. The lowest BCUT2D eigenvalue weighted by Gasteiger charge is -2.35. The van der Waals surface area contributed by atoms with Crippen LogP contribution < -0.4 is 0 Å². The summed E-state index contributed by atoms with van der Waals surface area (Å²) in [5, 5.41) is 0. The van der Waals surface area contributed by atoms with E-state index in [9.17, 15) is 4.39 Å². The van der Waals surface area contributed by atoms with Crippen LogP contribution in [0.15, 0.2) is 11.6 Å². The van der Waals surface area contributed by atoms with Crippen molar-refractivity contribution >= 4 is 0 Å². The Morgan fingerprint density at radius 2 is 2.25 bits per heavy atom. The second-order valence-corrected chi connectivity index (χ2v) is 4.29. The van der Waals surface area contributed by atoms with Crippen molar-refractivity contribution in [3.05, 3.63) is 11.6 Å². The van der Waals surface area contributed by atoms with Gasteiger partial charge in [-0.1, -0.05) is 25.5 Å². The number of halogens is 1. The molecule has 0 fully saturated rings. The number of alkyl halides is 1. The van der Waals surface area contributed by atoms with Gasteiger partial charge in [-0.3, -0.25) is 0 Å². The molecule has 0 aromatic rings. The van der Waals surface area contributed by atoms with E-state index in [1.807, 2.05) is 6.92 Å². The van der Waals surface area contributed by atoms with Gasteiger partial charge in [-0.05, 0) is 32.6 Å². The first-order valence-corrected chi connectivity index (χ1v) is 4.84. The van der Waals surface area contributed by atoms with Gasteiger partial charge in [0, 0.05) is 5.92 Å². The summed E-state index contributed by atoms with van der Waals surface area (Å²) in [6.07, 6.45) is 3.86. The van der Waals surface area contributed by atoms with Crippen molar-refractivity contribution in [2.45, 2.75) is 46.2 Å². The van der Waals surface area contributed by atoms with Crippen LogP contribution in [-0.2, 0) is 0 Å². The highest BCUT2D eigenvalue weighted by atomic mass is 19.1. The molecule has 3 unspecified atom stereocenters. The van der Waals surface area contributed by atoms with Gasteiger partial charge in [-0.25, -0.2) is 4.39 Å². The summed E-state index contributed by atoms with van der Waals surface area (Å²) in [4.78, 5) is 0. The van der Waals surface area contributed by atoms with Crippen LogP contribution in [0.2, 0.25) is 0 Å². The molecule has 0 aromatic heterocycles. The Bertz CT molecular complexity index is 191. The summed E-state index contributed by atoms with van der Waals surface area (Å²) in [5.41, 5.74) is 0.389. The van der Waals surface area contributed by atoms with Crippen molar-refractivity contribution in [1.82, 2.24) is 0 Å². The zero-order valence-electron chi connectivity index (χ0n) is 8.52. The number of rotatable bonds is 1. The molecule has 0 saturated carbocycles. The lowest BCUT2D eigenvalue weighted by molar-refractivity contribution is 0.0966. The summed E-state index contributed by atoms with van der Waals surface area (Å²) < 4.78 is 13.8. The molecule has 0 heterocycles. The molecule has 0 radical (unpaired) electrons. The van der Waals surface area contributed by atoms with Crippen molar-refractivity contribution in [1.29, 1.82) is 0 Å². The van der Waals surface area contributed by atoms with Gasteiger partial charge in [0.15, 0.2) is 0 Å². The monoisotopic (exact) mass is 170 g/mol. The topological polar surface area (TPSA) is 0 Å². The fraction of sp³-hybridized carbons (Fsp3) is 0.818. The molecule has 0 saturated heterocycles. The smallest absolute Gasteiger partial charge is 0.114 e. The third-order valence-corrected chi connectivity index (χ3v) is 3.24. The molecule has 0 nitrogen and oxygen atoms in total. The lowest BCUT2D eigenvalue weighted by atomic mass is 9.74. The third kappa shape index (κ3) is 1.70. The van der Waals surface area contributed by atoms with Crippen LogP contribution in [-0.4, -0.2) is 5.67 Å². The Balaban J connectivity index is 2.83. The highest BCUT2D eigenvalue weighted by molar-refractivity contribution is 5.14. The van der Waals surface area contributed by atoms with E-state index in [2.05, 4.69) is 19.9 Å². The predicted molar refractivity (Wildman–Crippen MR) is 50.8 cm³/mol. The third-order valence-electron chi connectivity index (χ3n) is 3.24. The van der Waals surface area contributed by atoms with E-state index >= 15 is 0 Å². The Morgan fingerprint density at radius 1 is 1.67 bits per heavy atom. The van der Waals surface area contributed by atoms with E-state index in [1.54, 1.807) is 6.92 Å². The van der Waals surface area contributed by atoms with E-state index in [-0.39, 0.29) is 5.92 Å². The van der Waals surface area contributed by atoms with Crippen LogP contribution in [0.1, 0.15) is 40.5 Å². The van der Waals surface area contributed by atoms with Crippen molar-refractivity contribution < 1.29 is 4.39 Å². The maximum atomic E-state index is 13.8. The Morgan fingerprint density at radius 3 is 2.75 bits per heavy atom. The normalized spacial score (nSPS) is 42.6. The van der Waals surface area contributed by atoms with Gasteiger partial charge in [0.05, 0.1) is 0 Å². The molecule has 0 aliphatic heterocycles. The quantitative estimate of drug-likeness (QED) is 0.526.